The number of thiol groups is 1. The maximum atomic E-state index is 11.1. The summed E-state index contributed by atoms with van der Waals surface area (Å²) in [7, 11) is 0. The zero-order valence-corrected chi connectivity index (χ0v) is 7.01. The highest BCUT2D eigenvalue weighted by Gasteiger charge is 2.22. The Bertz CT molecular complexity index is 208. The lowest BCUT2D eigenvalue weighted by Crippen LogP contribution is -2.02. The van der Waals surface area contributed by atoms with Gasteiger partial charge in [-0.3, -0.25) is 4.79 Å². The molecule has 0 radical (unpaired) electrons. The second-order valence-corrected chi connectivity index (χ2v) is 2.67. The molecule has 11 heavy (non-hydrogen) atoms. The van der Waals surface area contributed by atoms with Crippen molar-refractivity contribution in [2.24, 2.45) is 0 Å². The van der Waals surface area contributed by atoms with Gasteiger partial charge in [-0.1, -0.05) is 6.08 Å². The van der Waals surface area contributed by atoms with Gasteiger partial charge in [0.1, 0.15) is 0 Å². The van der Waals surface area contributed by atoms with E-state index in [0.717, 1.165) is 5.57 Å². The number of hydrogen-bond acceptors (Lipinski definition) is 3. The first-order valence-electron chi connectivity index (χ1n) is 3.43. The van der Waals surface area contributed by atoms with E-state index in [2.05, 4.69) is 19.5 Å². The SMILES string of the molecule is C=CCC1=C[C@H](OS)CC1=O. The van der Waals surface area contributed by atoms with Crippen LogP contribution in [0.3, 0.4) is 0 Å². The van der Waals surface area contributed by atoms with E-state index in [1.807, 2.05) is 0 Å². The third-order valence-electron chi connectivity index (χ3n) is 1.63. The number of Topliss-reactive ketones (excluding diaryl/α,β-unsaturated/α-hetero) is 1. The van der Waals surface area contributed by atoms with Gasteiger partial charge in [0.2, 0.25) is 0 Å². The summed E-state index contributed by atoms with van der Waals surface area (Å²) in [6.45, 7) is 3.56. The molecule has 0 aromatic carbocycles. The monoisotopic (exact) mass is 170 g/mol. The summed E-state index contributed by atoms with van der Waals surface area (Å²) >= 11 is 3.64. The predicted molar refractivity (Wildman–Crippen MR) is 46.4 cm³/mol. The van der Waals surface area contributed by atoms with Gasteiger partial charge in [-0.25, -0.2) is 0 Å². The van der Waals surface area contributed by atoms with Crippen molar-refractivity contribution in [1.29, 1.82) is 0 Å². The molecular formula is C8H10O2S. The van der Waals surface area contributed by atoms with E-state index in [9.17, 15) is 4.79 Å². The van der Waals surface area contributed by atoms with E-state index in [4.69, 9.17) is 4.18 Å². The average molecular weight is 170 g/mol. The van der Waals surface area contributed by atoms with Gasteiger partial charge in [-0.15, -0.1) is 6.58 Å². The highest BCUT2D eigenvalue weighted by Crippen LogP contribution is 2.20. The van der Waals surface area contributed by atoms with Crippen LogP contribution in [-0.2, 0) is 8.98 Å². The molecule has 0 spiro atoms. The Labute approximate surface area is 71.5 Å². The quantitative estimate of drug-likeness (QED) is 0.396. The molecule has 0 saturated carbocycles. The zero-order valence-electron chi connectivity index (χ0n) is 6.12. The summed E-state index contributed by atoms with van der Waals surface area (Å²) in [5.41, 5.74) is 0.791. The molecule has 0 aromatic heterocycles. The zero-order chi connectivity index (χ0) is 8.27. The third-order valence-corrected chi connectivity index (χ3v) is 1.90. The summed E-state index contributed by atoms with van der Waals surface area (Å²) in [6, 6.07) is 0. The van der Waals surface area contributed by atoms with E-state index >= 15 is 0 Å². The van der Waals surface area contributed by atoms with E-state index < -0.39 is 0 Å². The Balaban J connectivity index is 2.62. The molecule has 60 valence electrons. The first-order chi connectivity index (χ1) is 5.27. The molecule has 0 aromatic rings. The second kappa shape index (κ2) is 3.74. The number of carbonyl (C=O) groups excluding carboxylic acids is 1. The van der Waals surface area contributed by atoms with Crippen LogP contribution in [0, 0.1) is 0 Å². The fraction of sp³-hybridized carbons (Fsp3) is 0.375. The fourth-order valence-corrected chi connectivity index (χ4v) is 1.23. The molecule has 0 unspecified atom stereocenters. The fourth-order valence-electron chi connectivity index (χ4n) is 1.10. The van der Waals surface area contributed by atoms with Gasteiger partial charge in [0, 0.05) is 6.42 Å². The van der Waals surface area contributed by atoms with Crippen molar-refractivity contribution in [3.05, 3.63) is 24.3 Å². The lowest BCUT2D eigenvalue weighted by Gasteiger charge is -1.97. The van der Waals surface area contributed by atoms with Crippen LogP contribution in [0.4, 0.5) is 0 Å². The normalized spacial score (nSPS) is 23.5. The summed E-state index contributed by atoms with van der Waals surface area (Å²) in [4.78, 5) is 11.1. The van der Waals surface area contributed by atoms with Gasteiger partial charge in [-0.2, -0.15) is 0 Å². The summed E-state index contributed by atoms with van der Waals surface area (Å²) in [5.74, 6) is 0.143. The number of carbonyl (C=O) groups is 1. The molecular weight excluding hydrogens is 160 g/mol. The Morgan fingerprint density at radius 3 is 3.09 bits per heavy atom. The molecule has 0 aliphatic heterocycles. The summed E-state index contributed by atoms with van der Waals surface area (Å²) < 4.78 is 4.72. The average Bonchev–Trinajstić information content (AvgIpc) is 2.33. The largest absolute Gasteiger partial charge is 0.311 e. The van der Waals surface area contributed by atoms with Crippen LogP contribution in [0.5, 0.6) is 0 Å². The van der Waals surface area contributed by atoms with Crippen LogP contribution >= 0.6 is 12.9 Å². The molecule has 0 amide bonds. The highest BCUT2D eigenvalue weighted by atomic mass is 32.1. The molecule has 0 N–H and O–H groups in total. The van der Waals surface area contributed by atoms with E-state index in [0.29, 0.717) is 12.8 Å². The van der Waals surface area contributed by atoms with Gasteiger partial charge >= 0.3 is 0 Å². The molecule has 0 fully saturated rings. The topological polar surface area (TPSA) is 26.3 Å². The smallest absolute Gasteiger partial charge is 0.161 e. The number of hydrogen-bond donors (Lipinski definition) is 1. The van der Waals surface area contributed by atoms with Crippen LogP contribution in [0.1, 0.15) is 12.8 Å². The Morgan fingerprint density at radius 2 is 2.64 bits per heavy atom. The van der Waals surface area contributed by atoms with Crippen LogP contribution in [-0.4, -0.2) is 11.9 Å². The van der Waals surface area contributed by atoms with Gasteiger partial charge in [0.05, 0.1) is 6.10 Å². The lowest BCUT2D eigenvalue weighted by atomic mass is 10.1. The van der Waals surface area contributed by atoms with Crippen molar-refractivity contribution in [2.75, 3.05) is 0 Å². The van der Waals surface area contributed by atoms with Gasteiger partial charge < -0.3 is 4.18 Å². The lowest BCUT2D eigenvalue weighted by molar-refractivity contribution is -0.115. The Kier molecular flexibility index (Phi) is 2.91. The summed E-state index contributed by atoms with van der Waals surface area (Å²) in [6.07, 6.45) is 4.43. The standard InChI is InChI=1S/C8H10O2S/c1-2-3-6-4-7(10-11)5-8(6)9/h2,4,7,11H,1,3,5H2/t7-/m0/s1. The van der Waals surface area contributed by atoms with Crippen LogP contribution < -0.4 is 0 Å². The number of ketones is 1. The van der Waals surface area contributed by atoms with Crippen molar-refractivity contribution in [1.82, 2.24) is 0 Å². The highest BCUT2D eigenvalue weighted by molar-refractivity contribution is 7.75. The minimum absolute atomic E-state index is 0.138. The maximum Gasteiger partial charge on any atom is 0.161 e. The van der Waals surface area contributed by atoms with Gasteiger partial charge in [0.15, 0.2) is 5.78 Å². The van der Waals surface area contributed by atoms with Crippen molar-refractivity contribution in [3.63, 3.8) is 0 Å². The molecule has 0 heterocycles. The van der Waals surface area contributed by atoms with E-state index in [-0.39, 0.29) is 11.9 Å². The molecule has 1 aliphatic carbocycles. The van der Waals surface area contributed by atoms with Crippen LogP contribution in [0.15, 0.2) is 24.3 Å². The van der Waals surface area contributed by atoms with Crippen LogP contribution in [0.2, 0.25) is 0 Å². The third kappa shape index (κ3) is 1.94. The number of allylic oxidation sites excluding steroid dienone is 2. The minimum atomic E-state index is -0.138. The first-order valence-corrected chi connectivity index (χ1v) is 3.79. The second-order valence-electron chi connectivity index (χ2n) is 2.46. The molecule has 0 saturated heterocycles. The van der Waals surface area contributed by atoms with Gasteiger partial charge in [0.25, 0.3) is 0 Å². The van der Waals surface area contributed by atoms with Crippen molar-refractivity contribution in [3.8, 4) is 0 Å². The van der Waals surface area contributed by atoms with E-state index in [1.165, 1.54) is 0 Å². The van der Waals surface area contributed by atoms with Crippen LogP contribution in [0.25, 0.3) is 0 Å². The molecule has 1 rings (SSSR count). The maximum absolute atomic E-state index is 11.1. The first kappa shape index (κ1) is 8.56. The minimum Gasteiger partial charge on any atom is -0.311 e. The Hall–Kier alpha value is -0.540. The molecule has 2 nitrogen and oxygen atoms in total. The van der Waals surface area contributed by atoms with Gasteiger partial charge in [-0.05, 0) is 31.0 Å². The van der Waals surface area contributed by atoms with Crippen molar-refractivity contribution >= 4 is 18.7 Å². The number of rotatable bonds is 3. The Morgan fingerprint density at radius 1 is 1.91 bits per heavy atom. The van der Waals surface area contributed by atoms with E-state index in [1.54, 1.807) is 12.2 Å². The molecule has 1 atom stereocenters. The summed E-state index contributed by atoms with van der Waals surface area (Å²) in [5, 5.41) is 0. The van der Waals surface area contributed by atoms with Crippen molar-refractivity contribution in [2.45, 2.75) is 18.9 Å². The molecule has 0 bridgehead atoms. The molecule has 1 aliphatic rings. The molecule has 3 heteroatoms. The predicted octanol–water partition coefficient (Wildman–Crippen LogP) is 1.69. The van der Waals surface area contributed by atoms with Crippen molar-refractivity contribution < 1.29 is 8.98 Å².